The van der Waals surface area contributed by atoms with E-state index in [2.05, 4.69) is 23.7 Å². The zero-order chi connectivity index (χ0) is 24.2. The summed E-state index contributed by atoms with van der Waals surface area (Å²) in [6.45, 7) is 6.67. The molecule has 0 fully saturated rings. The van der Waals surface area contributed by atoms with Crippen molar-refractivity contribution in [3.05, 3.63) is 46.4 Å². The summed E-state index contributed by atoms with van der Waals surface area (Å²) in [5.41, 5.74) is 0.629. The molecular formula is C22H26Cl3N3O4S2. The van der Waals surface area contributed by atoms with Crippen LogP contribution in [0.1, 0.15) is 13.8 Å². The van der Waals surface area contributed by atoms with Gasteiger partial charge in [-0.05, 0) is 49.5 Å². The number of ether oxygens (including phenoxy) is 1. The molecule has 0 spiro atoms. The fourth-order valence-electron chi connectivity index (χ4n) is 3.16. The maximum Gasteiger partial charge on any atom is 0.266 e. The van der Waals surface area contributed by atoms with Gasteiger partial charge in [0.2, 0.25) is 0 Å². The molecular weight excluding hydrogens is 541 g/mol. The number of carbonyl (C=O) groups is 1. The first kappa shape index (κ1) is 28.6. The van der Waals surface area contributed by atoms with E-state index in [1.807, 2.05) is 0 Å². The topological polar surface area (TPSA) is 79.8 Å². The molecule has 0 radical (unpaired) electrons. The lowest BCUT2D eigenvalue weighted by Crippen LogP contribution is -2.41. The highest BCUT2D eigenvalue weighted by molar-refractivity contribution is 7.90. The highest BCUT2D eigenvalue weighted by Gasteiger charge is 2.22. The summed E-state index contributed by atoms with van der Waals surface area (Å²) < 4.78 is 30.2. The number of nitrogens with zero attached hydrogens (tertiary/aromatic N) is 3. The first-order chi connectivity index (χ1) is 15.6. The highest BCUT2D eigenvalue weighted by Crippen LogP contribution is 2.31. The van der Waals surface area contributed by atoms with E-state index in [0.29, 0.717) is 44.2 Å². The molecule has 0 bridgehead atoms. The van der Waals surface area contributed by atoms with Gasteiger partial charge in [0.15, 0.2) is 21.6 Å². The maximum absolute atomic E-state index is 13.2. The molecule has 1 aromatic heterocycles. The van der Waals surface area contributed by atoms with Crippen molar-refractivity contribution in [2.75, 3.05) is 43.9 Å². The number of hydrogen-bond donors (Lipinski definition) is 0. The third kappa shape index (κ3) is 7.19. The van der Waals surface area contributed by atoms with Gasteiger partial charge >= 0.3 is 0 Å². The number of amides is 1. The predicted molar refractivity (Wildman–Crippen MR) is 142 cm³/mol. The molecule has 3 rings (SSSR count). The Morgan fingerprint density at radius 3 is 2.41 bits per heavy atom. The van der Waals surface area contributed by atoms with Gasteiger partial charge in [-0.25, -0.2) is 13.4 Å². The van der Waals surface area contributed by atoms with Gasteiger partial charge in [0.25, 0.3) is 5.91 Å². The van der Waals surface area contributed by atoms with Crippen LogP contribution in [0, 0.1) is 0 Å². The third-order valence-corrected chi connectivity index (χ3v) is 7.77. The molecule has 0 N–H and O–H groups in total. The number of benzene rings is 2. The summed E-state index contributed by atoms with van der Waals surface area (Å²) in [5, 5.41) is 1.28. The van der Waals surface area contributed by atoms with Gasteiger partial charge in [-0.1, -0.05) is 48.4 Å². The van der Waals surface area contributed by atoms with E-state index in [4.69, 9.17) is 27.9 Å². The Morgan fingerprint density at radius 2 is 1.79 bits per heavy atom. The largest absolute Gasteiger partial charge is 0.482 e. The lowest BCUT2D eigenvalue weighted by Gasteiger charge is -2.24. The van der Waals surface area contributed by atoms with Gasteiger partial charge in [-0.3, -0.25) is 9.69 Å². The van der Waals surface area contributed by atoms with Gasteiger partial charge < -0.3 is 9.64 Å². The number of rotatable bonds is 10. The molecule has 34 heavy (non-hydrogen) atoms. The Balaban J connectivity index is 0.00000408. The Bertz CT molecular complexity index is 1250. The normalized spacial score (nSPS) is 11.5. The Kier molecular flexibility index (Phi) is 10.4. The van der Waals surface area contributed by atoms with Crippen LogP contribution in [0.25, 0.3) is 10.2 Å². The van der Waals surface area contributed by atoms with Crippen molar-refractivity contribution in [2.24, 2.45) is 0 Å². The summed E-state index contributed by atoms with van der Waals surface area (Å²) in [6, 6.07) is 9.56. The first-order valence-electron chi connectivity index (χ1n) is 10.3. The van der Waals surface area contributed by atoms with Crippen molar-refractivity contribution in [2.45, 2.75) is 18.7 Å². The average molecular weight is 567 g/mol. The molecule has 186 valence electrons. The highest BCUT2D eigenvalue weighted by atomic mass is 35.5. The minimum atomic E-state index is -3.35. The number of fused-ring (bicyclic) bond motifs is 1. The third-order valence-electron chi connectivity index (χ3n) is 5.09. The molecule has 1 heterocycles. The molecule has 1 amide bonds. The second-order valence-electron chi connectivity index (χ2n) is 7.33. The van der Waals surface area contributed by atoms with Gasteiger partial charge in [0.1, 0.15) is 5.75 Å². The van der Waals surface area contributed by atoms with Crippen molar-refractivity contribution in [1.82, 2.24) is 9.88 Å². The van der Waals surface area contributed by atoms with Crippen LogP contribution in [0.2, 0.25) is 10.0 Å². The summed E-state index contributed by atoms with van der Waals surface area (Å²) in [5.74, 6) is 0.0794. The van der Waals surface area contributed by atoms with Gasteiger partial charge in [-0.15, -0.1) is 12.4 Å². The Labute approximate surface area is 219 Å². The maximum atomic E-state index is 13.2. The number of sulfone groups is 1. The number of halogens is 3. The van der Waals surface area contributed by atoms with Crippen LogP contribution in [0.15, 0.2) is 41.3 Å². The zero-order valence-corrected chi connectivity index (χ0v) is 22.9. The Morgan fingerprint density at radius 1 is 1.09 bits per heavy atom. The standard InChI is InChI=1S/C22H25Cl2N3O4S2.ClH/c1-4-26(5-2)10-11-27(21(28)14-31-19-9-6-15(23)12-17(19)24)22-25-18-8-7-16(33(3,29)30)13-20(18)32-22;/h6-9,12-13H,4-5,10-11,14H2,1-3H3;1H. The van der Waals surface area contributed by atoms with E-state index in [1.165, 1.54) is 17.4 Å². The van der Waals surface area contributed by atoms with E-state index < -0.39 is 9.84 Å². The lowest BCUT2D eigenvalue weighted by atomic mass is 10.3. The molecule has 0 saturated heterocycles. The van der Waals surface area contributed by atoms with Crippen LogP contribution in [0.4, 0.5) is 5.13 Å². The van der Waals surface area contributed by atoms with Gasteiger partial charge in [-0.2, -0.15) is 0 Å². The molecule has 0 aliphatic carbocycles. The van der Waals surface area contributed by atoms with Crippen LogP contribution in [0.3, 0.4) is 0 Å². The van der Waals surface area contributed by atoms with Gasteiger partial charge in [0, 0.05) is 24.4 Å². The Hall–Kier alpha value is -1.62. The van der Waals surface area contributed by atoms with E-state index >= 15 is 0 Å². The molecule has 0 aliphatic rings. The SMILES string of the molecule is CCN(CC)CCN(C(=O)COc1ccc(Cl)cc1Cl)c1nc2ccc(S(C)(=O)=O)cc2s1.Cl. The molecule has 0 atom stereocenters. The smallest absolute Gasteiger partial charge is 0.266 e. The van der Waals surface area contributed by atoms with Crippen molar-refractivity contribution in [3.8, 4) is 5.75 Å². The summed E-state index contributed by atoms with van der Waals surface area (Å²) in [6.07, 6.45) is 1.16. The van der Waals surface area contributed by atoms with Gasteiger partial charge in [0.05, 0.1) is 20.1 Å². The molecule has 0 aliphatic heterocycles. The second-order valence-corrected chi connectivity index (χ2v) is 11.2. The van der Waals surface area contributed by atoms with E-state index in [0.717, 1.165) is 19.3 Å². The van der Waals surface area contributed by atoms with Crippen molar-refractivity contribution in [1.29, 1.82) is 0 Å². The van der Waals surface area contributed by atoms with Crippen LogP contribution in [-0.4, -0.2) is 63.3 Å². The van der Waals surface area contributed by atoms with Crippen molar-refractivity contribution >= 4 is 78.0 Å². The zero-order valence-electron chi connectivity index (χ0n) is 19.0. The molecule has 7 nitrogen and oxygen atoms in total. The quantitative estimate of drug-likeness (QED) is 0.336. The van der Waals surface area contributed by atoms with E-state index in [9.17, 15) is 13.2 Å². The summed E-state index contributed by atoms with van der Waals surface area (Å²) in [4.78, 5) is 21.7. The minimum Gasteiger partial charge on any atom is -0.482 e. The molecule has 12 heteroatoms. The number of thiazole rings is 1. The van der Waals surface area contributed by atoms with E-state index in [1.54, 1.807) is 35.2 Å². The molecule has 3 aromatic rings. The number of hydrogen-bond acceptors (Lipinski definition) is 7. The first-order valence-corrected chi connectivity index (χ1v) is 13.8. The monoisotopic (exact) mass is 565 g/mol. The fourth-order valence-corrected chi connectivity index (χ4v) is 5.39. The fraction of sp³-hybridized carbons (Fsp3) is 0.364. The van der Waals surface area contributed by atoms with Crippen LogP contribution < -0.4 is 9.64 Å². The van der Waals surface area contributed by atoms with Crippen LogP contribution in [-0.2, 0) is 14.6 Å². The number of anilines is 1. The summed E-state index contributed by atoms with van der Waals surface area (Å²) >= 11 is 13.3. The van der Waals surface area contributed by atoms with Crippen molar-refractivity contribution < 1.29 is 17.9 Å². The molecule has 0 unspecified atom stereocenters. The number of likely N-dealkylation sites (N-methyl/N-ethyl adjacent to an activating group) is 1. The summed E-state index contributed by atoms with van der Waals surface area (Å²) in [7, 11) is -3.35. The van der Waals surface area contributed by atoms with Crippen LogP contribution >= 0.6 is 46.9 Å². The number of aromatic nitrogens is 1. The average Bonchev–Trinajstić information content (AvgIpc) is 3.18. The predicted octanol–water partition coefficient (Wildman–Crippen LogP) is 5.18. The second kappa shape index (κ2) is 12.4. The lowest BCUT2D eigenvalue weighted by molar-refractivity contribution is -0.120. The number of carbonyl (C=O) groups excluding carboxylic acids is 1. The molecule has 0 saturated carbocycles. The van der Waals surface area contributed by atoms with Crippen LogP contribution in [0.5, 0.6) is 5.75 Å². The minimum absolute atomic E-state index is 0. The molecule has 2 aromatic carbocycles. The van der Waals surface area contributed by atoms with E-state index in [-0.39, 0.29) is 29.8 Å². The van der Waals surface area contributed by atoms with Crippen molar-refractivity contribution in [3.63, 3.8) is 0 Å².